The van der Waals surface area contributed by atoms with Crippen molar-refractivity contribution < 1.29 is 9.90 Å². The van der Waals surface area contributed by atoms with Crippen molar-refractivity contribution in [3.8, 4) is 11.3 Å². The maximum atomic E-state index is 12.4. The summed E-state index contributed by atoms with van der Waals surface area (Å²) in [5.41, 5.74) is 15.2. The van der Waals surface area contributed by atoms with Crippen LogP contribution in [0.4, 0.5) is 23.0 Å². The number of anilines is 4. The quantitative estimate of drug-likeness (QED) is 0.330. The van der Waals surface area contributed by atoms with E-state index < -0.39 is 5.91 Å². The summed E-state index contributed by atoms with van der Waals surface area (Å²) in [6.07, 6.45) is 4.87. The number of primary amides is 1. The Morgan fingerprint density at radius 1 is 0.892 bits per heavy atom. The molecule has 1 aromatic heterocycles. The average Bonchev–Trinajstić information content (AvgIpc) is 2.91. The molecule has 1 saturated carbocycles. The van der Waals surface area contributed by atoms with Crippen molar-refractivity contribution in [2.24, 2.45) is 11.5 Å². The summed E-state index contributed by atoms with van der Waals surface area (Å²) >= 11 is 0. The van der Waals surface area contributed by atoms with E-state index in [2.05, 4.69) is 32.7 Å². The zero-order valence-corrected chi connectivity index (χ0v) is 20.9. The van der Waals surface area contributed by atoms with Gasteiger partial charge in [0.05, 0.1) is 6.10 Å². The molecule has 0 atom stereocenters. The van der Waals surface area contributed by atoms with Gasteiger partial charge >= 0.3 is 0 Å². The van der Waals surface area contributed by atoms with Crippen molar-refractivity contribution >= 4 is 28.9 Å². The van der Waals surface area contributed by atoms with Crippen LogP contribution in [-0.2, 0) is 0 Å². The normalized spacial score (nSPS) is 20.4. The molecule has 0 bridgehead atoms. The fraction of sp³-hybridized carbons (Fsp3) is 0.393. The van der Waals surface area contributed by atoms with Crippen molar-refractivity contribution in [2.45, 2.75) is 56.7 Å². The summed E-state index contributed by atoms with van der Waals surface area (Å²) in [6, 6.07) is 18.1. The molecule has 0 radical (unpaired) electrons. The Kier molecular flexibility index (Phi) is 7.52. The van der Waals surface area contributed by atoms with Crippen LogP contribution < -0.4 is 27.0 Å². The number of piperidine rings is 1. The molecule has 1 aliphatic carbocycles. The van der Waals surface area contributed by atoms with Gasteiger partial charge in [0.2, 0.25) is 0 Å². The highest BCUT2D eigenvalue weighted by atomic mass is 16.3. The molecule has 37 heavy (non-hydrogen) atoms. The van der Waals surface area contributed by atoms with Gasteiger partial charge in [0.1, 0.15) is 5.69 Å². The molecule has 0 spiro atoms. The third-order valence-electron chi connectivity index (χ3n) is 7.25. The number of nitrogens with two attached hydrogens (primary N) is 2. The molecule has 9 nitrogen and oxygen atoms in total. The van der Waals surface area contributed by atoms with Gasteiger partial charge in [-0.15, -0.1) is 0 Å². The van der Waals surface area contributed by atoms with E-state index in [0.29, 0.717) is 17.3 Å². The SMILES string of the molecule is NC(=O)c1nc(-c2ccccc2)c(N[C@H]2CC[C@H](O)CC2)nc1Nc1ccc(N2CCC(N)CC2)cc1. The molecule has 194 valence electrons. The van der Waals surface area contributed by atoms with Crippen molar-refractivity contribution in [1.29, 1.82) is 0 Å². The number of hydrogen-bond donors (Lipinski definition) is 5. The number of aliphatic hydroxyl groups is 1. The summed E-state index contributed by atoms with van der Waals surface area (Å²) in [5.74, 6) is 0.240. The summed E-state index contributed by atoms with van der Waals surface area (Å²) in [5, 5.41) is 16.7. The Balaban J connectivity index is 1.44. The van der Waals surface area contributed by atoms with Crippen LogP contribution in [-0.4, -0.2) is 52.3 Å². The van der Waals surface area contributed by atoms with Gasteiger partial charge in [0.25, 0.3) is 5.91 Å². The monoisotopic (exact) mass is 501 g/mol. The minimum Gasteiger partial charge on any atom is -0.393 e. The second kappa shape index (κ2) is 11.1. The smallest absolute Gasteiger partial charge is 0.271 e. The predicted octanol–water partition coefficient (Wildman–Crippen LogP) is 3.63. The first kappa shape index (κ1) is 25.0. The molecule has 2 heterocycles. The standard InChI is InChI=1S/C28H35N7O2/c29-19-14-16-35(17-15-19)22-10-6-20(7-11-22)32-28-25(26(30)37)33-24(18-4-2-1-3-5-18)27(34-28)31-21-8-12-23(36)13-9-21/h1-7,10-11,19,21,23,36H,8-9,12-17,29H2,(H2,30,37)(H2,31,32,34)/t21-,23-. The third kappa shape index (κ3) is 6.00. The lowest BCUT2D eigenvalue weighted by Crippen LogP contribution is -2.39. The van der Waals surface area contributed by atoms with Crippen LogP contribution in [0, 0.1) is 0 Å². The number of carbonyl (C=O) groups is 1. The largest absolute Gasteiger partial charge is 0.393 e. The van der Waals surface area contributed by atoms with Gasteiger partial charge in [-0.25, -0.2) is 9.97 Å². The maximum absolute atomic E-state index is 12.4. The Bertz CT molecular complexity index is 1200. The maximum Gasteiger partial charge on any atom is 0.271 e. The number of aromatic nitrogens is 2. The van der Waals surface area contributed by atoms with Gasteiger partial charge in [-0.1, -0.05) is 30.3 Å². The Morgan fingerprint density at radius 2 is 1.57 bits per heavy atom. The van der Waals surface area contributed by atoms with Crippen molar-refractivity contribution in [3.05, 3.63) is 60.3 Å². The first-order valence-corrected chi connectivity index (χ1v) is 13.1. The Labute approximate surface area is 217 Å². The van der Waals surface area contributed by atoms with Gasteiger partial charge in [-0.3, -0.25) is 4.79 Å². The second-order valence-electron chi connectivity index (χ2n) is 9.99. The zero-order chi connectivity index (χ0) is 25.8. The number of hydrogen-bond acceptors (Lipinski definition) is 8. The molecule has 2 aromatic carbocycles. The van der Waals surface area contributed by atoms with Gasteiger partial charge in [-0.05, 0) is 62.8 Å². The van der Waals surface area contributed by atoms with Crippen LogP contribution in [0.25, 0.3) is 11.3 Å². The summed E-state index contributed by atoms with van der Waals surface area (Å²) in [6.45, 7) is 1.89. The predicted molar refractivity (Wildman–Crippen MR) is 147 cm³/mol. The molecule has 5 rings (SSSR count). The van der Waals surface area contributed by atoms with Crippen molar-refractivity contribution in [1.82, 2.24) is 9.97 Å². The zero-order valence-electron chi connectivity index (χ0n) is 20.9. The number of rotatable bonds is 7. The Morgan fingerprint density at radius 3 is 2.22 bits per heavy atom. The van der Waals surface area contributed by atoms with Crippen LogP contribution >= 0.6 is 0 Å². The van der Waals surface area contributed by atoms with E-state index in [1.54, 1.807) is 0 Å². The van der Waals surface area contributed by atoms with Crippen LogP contribution in [0.1, 0.15) is 49.0 Å². The molecule has 0 unspecified atom stereocenters. The first-order valence-electron chi connectivity index (χ1n) is 13.1. The van der Waals surface area contributed by atoms with Gasteiger partial charge < -0.3 is 32.1 Å². The number of nitrogens with zero attached hydrogens (tertiary/aromatic N) is 3. The summed E-state index contributed by atoms with van der Waals surface area (Å²) in [7, 11) is 0. The lowest BCUT2D eigenvalue weighted by Gasteiger charge is -2.32. The lowest BCUT2D eigenvalue weighted by molar-refractivity contribution is 0.0996. The number of carbonyl (C=O) groups excluding carboxylic acids is 1. The van der Waals surface area contributed by atoms with Crippen LogP contribution in [0.2, 0.25) is 0 Å². The minimum absolute atomic E-state index is 0.0811. The lowest BCUT2D eigenvalue weighted by atomic mass is 9.93. The van der Waals surface area contributed by atoms with Crippen LogP contribution in [0.3, 0.4) is 0 Å². The van der Waals surface area contributed by atoms with Crippen LogP contribution in [0.15, 0.2) is 54.6 Å². The Hall–Kier alpha value is -3.69. The highest BCUT2D eigenvalue weighted by Crippen LogP contribution is 2.32. The fourth-order valence-corrected chi connectivity index (χ4v) is 5.06. The highest BCUT2D eigenvalue weighted by Gasteiger charge is 2.24. The summed E-state index contributed by atoms with van der Waals surface area (Å²) < 4.78 is 0. The molecular formula is C28H35N7O2. The topological polar surface area (TPSA) is 142 Å². The van der Waals surface area contributed by atoms with Crippen molar-refractivity contribution in [3.63, 3.8) is 0 Å². The molecule has 3 aromatic rings. The van der Waals surface area contributed by atoms with E-state index in [-0.39, 0.29) is 23.9 Å². The molecule has 2 aliphatic rings. The molecule has 1 aliphatic heterocycles. The molecule has 1 amide bonds. The van der Waals surface area contributed by atoms with E-state index in [0.717, 1.165) is 68.6 Å². The molecule has 7 N–H and O–H groups in total. The molecular weight excluding hydrogens is 466 g/mol. The van der Waals surface area contributed by atoms with E-state index >= 15 is 0 Å². The number of aliphatic hydroxyl groups excluding tert-OH is 1. The van der Waals surface area contributed by atoms with E-state index in [1.165, 1.54) is 0 Å². The van der Waals surface area contributed by atoms with E-state index in [4.69, 9.17) is 16.5 Å². The molecule has 9 heteroatoms. The van der Waals surface area contributed by atoms with Crippen LogP contribution in [0.5, 0.6) is 0 Å². The van der Waals surface area contributed by atoms with Gasteiger partial charge in [0.15, 0.2) is 17.3 Å². The third-order valence-corrected chi connectivity index (χ3v) is 7.25. The number of nitrogens with one attached hydrogen (secondary N) is 2. The van der Waals surface area contributed by atoms with Gasteiger partial charge in [0, 0.05) is 42.1 Å². The first-order chi connectivity index (χ1) is 18.0. The average molecular weight is 502 g/mol. The van der Waals surface area contributed by atoms with Gasteiger partial charge in [-0.2, -0.15) is 0 Å². The van der Waals surface area contributed by atoms with E-state index in [9.17, 15) is 9.90 Å². The molecule has 1 saturated heterocycles. The minimum atomic E-state index is -0.652. The highest BCUT2D eigenvalue weighted by molar-refractivity contribution is 5.97. The molecule has 2 fully saturated rings. The van der Waals surface area contributed by atoms with Crippen molar-refractivity contribution in [2.75, 3.05) is 28.6 Å². The van der Waals surface area contributed by atoms with E-state index in [1.807, 2.05) is 42.5 Å². The fourth-order valence-electron chi connectivity index (χ4n) is 5.06. The summed E-state index contributed by atoms with van der Waals surface area (Å²) in [4.78, 5) is 24.3. The number of amides is 1. The second-order valence-corrected chi connectivity index (χ2v) is 9.99. The number of benzene rings is 2.